The Morgan fingerprint density at radius 3 is 2.14 bits per heavy atom. The number of rotatable bonds is 6. The van der Waals surface area contributed by atoms with Gasteiger partial charge in [0.1, 0.15) is 0 Å². The van der Waals surface area contributed by atoms with Crippen LogP contribution in [0.3, 0.4) is 0 Å². The first-order chi connectivity index (χ1) is 14.0. The minimum Gasteiger partial charge on any atom is -0.348 e. The number of carbonyl (C=O) groups excluding carboxylic acids is 1. The van der Waals surface area contributed by atoms with Crippen molar-refractivity contribution in [3.8, 4) is 5.69 Å². The van der Waals surface area contributed by atoms with Crippen LogP contribution in [0.1, 0.15) is 28.8 Å². The van der Waals surface area contributed by atoms with E-state index in [4.69, 9.17) is 0 Å². The van der Waals surface area contributed by atoms with Crippen LogP contribution in [0.2, 0.25) is 0 Å². The zero-order valence-corrected chi connectivity index (χ0v) is 16.8. The van der Waals surface area contributed by atoms with Crippen LogP contribution in [0, 0.1) is 0 Å². The Morgan fingerprint density at radius 1 is 0.897 bits per heavy atom. The van der Waals surface area contributed by atoms with E-state index in [0.717, 1.165) is 24.1 Å². The molecule has 0 saturated carbocycles. The summed E-state index contributed by atoms with van der Waals surface area (Å²) in [5.41, 5.74) is 2.41. The minimum absolute atomic E-state index is 0.169. The third kappa shape index (κ3) is 4.26. The summed E-state index contributed by atoms with van der Waals surface area (Å²) < 4.78 is 28.6. The molecule has 1 amide bonds. The predicted octanol–water partition coefficient (Wildman–Crippen LogP) is 3.19. The number of amides is 1. The molecule has 1 aliphatic heterocycles. The van der Waals surface area contributed by atoms with Crippen molar-refractivity contribution in [2.45, 2.75) is 24.3 Å². The van der Waals surface area contributed by atoms with E-state index >= 15 is 0 Å². The van der Waals surface area contributed by atoms with Gasteiger partial charge in [0.2, 0.25) is 10.0 Å². The van der Waals surface area contributed by atoms with Crippen LogP contribution >= 0.6 is 0 Å². The molecule has 1 saturated heterocycles. The normalized spacial score (nSPS) is 14.8. The van der Waals surface area contributed by atoms with Crippen LogP contribution < -0.4 is 5.32 Å². The van der Waals surface area contributed by atoms with Gasteiger partial charge in [0.05, 0.1) is 4.90 Å². The topological polar surface area (TPSA) is 71.4 Å². The van der Waals surface area contributed by atoms with Crippen molar-refractivity contribution in [3.63, 3.8) is 0 Å². The highest BCUT2D eigenvalue weighted by molar-refractivity contribution is 7.89. The van der Waals surface area contributed by atoms with Crippen molar-refractivity contribution < 1.29 is 13.2 Å². The molecule has 2 aromatic carbocycles. The monoisotopic (exact) mass is 409 g/mol. The van der Waals surface area contributed by atoms with Gasteiger partial charge in [-0.05, 0) is 66.9 Å². The molecule has 1 N–H and O–H groups in total. The highest BCUT2D eigenvalue weighted by Gasteiger charge is 2.26. The smallest absolute Gasteiger partial charge is 0.251 e. The SMILES string of the molecule is O=C(NCc1ccc(S(=O)(=O)N2CCCC2)cc1)c1ccc(-n2cccc2)cc1. The Bertz CT molecular complexity index is 1070. The fourth-order valence-corrected chi connectivity index (χ4v) is 4.95. The number of benzene rings is 2. The van der Waals surface area contributed by atoms with Crippen LogP contribution in [0.25, 0.3) is 5.69 Å². The van der Waals surface area contributed by atoms with Gasteiger partial charge < -0.3 is 9.88 Å². The molecule has 0 atom stereocenters. The lowest BCUT2D eigenvalue weighted by Gasteiger charge is -2.15. The maximum absolute atomic E-state index is 12.6. The molecule has 7 heteroatoms. The average molecular weight is 410 g/mol. The molecular weight excluding hydrogens is 386 g/mol. The van der Waals surface area contributed by atoms with Gasteiger partial charge in [-0.2, -0.15) is 4.31 Å². The maximum Gasteiger partial charge on any atom is 0.251 e. The quantitative estimate of drug-likeness (QED) is 0.680. The molecule has 0 bridgehead atoms. The Hall–Kier alpha value is -2.90. The summed E-state index contributed by atoms with van der Waals surface area (Å²) >= 11 is 0. The molecule has 2 heterocycles. The highest BCUT2D eigenvalue weighted by atomic mass is 32.2. The first kappa shape index (κ1) is 19.4. The Balaban J connectivity index is 1.37. The first-order valence-corrected chi connectivity index (χ1v) is 11.1. The molecule has 29 heavy (non-hydrogen) atoms. The molecule has 3 aromatic rings. The summed E-state index contributed by atoms with van der Waals surface area (Å²) in [5, 5.41) is 2.88. The van der Waals surface area contributed by atoms with Crippen molar-refractivity contribution in [2.75, 3.05) is 13.1 Å². The number of aromatic nitrogens is 1. The lowest BCUT2D eigenvalue weighted by Crippen LogP contribution is -2.28. The van der Waals surface area contributed by atoms with Gasteiger partial charge in [-0.1, -0.05) is 12.1 Å². The molecule has 6 nitrogen and oxygen atoms in total. The number of sulfonamides is 1. The molecule has 150 valence electrons. The molecular formula is C22H23N3O3S. The summed E-state index contributed by atoms with van der Waals surface area (Å²) in [4.78, 5) is 12.7. The molecule has 1 fully saturated rings. The second-order valence-corrected chi connectivity index (χ2v) is 9.01. The van der Waals surface area contributed by atoms with E-state index < -0.39 is 10.0 Å². The summed E-state index contributed by atoms with van der Waals surface area (Å²) in [7, 11) is -3.41. The molecule has 0 radical (unpaired) electrons. The third-order valence-corrected chi connectivity index (χ3v) is 7.02. The second kappa shape index (κ2) is 8.23. The fourth-order valence-electron chi connectivity index (χ4n) is 3.43. The number of nitrogens with one attached hydrogen (secondary N) is 1. The number of nitrogens with zero attached hydrogens (tertiary/aromatic N) is 2. The largest absolute Gasteiger partial charge is 0.348 e. The van der Waals surface area contributed by atoms with E-state index in [1.807, 2.05) is 41.2 Å². The zero-order valence-electron chi connectivity index (χ0n) is 16.0. The first-order valence-electron chi connectivity index (χ1n) is 9.65. The van der Waals surface area contributed by atoms with E-state index in [1.165, 1.54) is 4.31 Å². The van der Waals surface area contributed by atoms with Gasteiger partial charge in [-0.3, -0.25) is 4.79 Å². The molecule has 4 rings (SSSR count). The molecule has 1 aromatic heterocycles. The van der Waals surface area contributed by atoms with Gasteiger partial charge in [-0.15, -0.1) is 0 Å². The van der Waals surface area contributed by atoms with Crippen LogP contribution in [0.4, 0.5) is 0 Å². The number of carbonyl (C=O) groups is 1. The van der Waals surface area contributed by atoms with Crippen molar-refractivity contribution in [3.05, 3.63) is 84.2 Å². The fraction of sp³-hybridized carbons (Fsp3) is 0.227. The maximum atomic E-state index is 12.6. The van der Waals surface area contributed by atoms with Crippen LogP contribution in [0.5, 0.6) is 0 Å². The standard InChI is InChI=1S/C22H23N3O3S/c26-22(19-7-9-20(10-8-19)24-13-1-2-14-24)23-17-18-5-11-21(12-6-18)29(27,28)25-15-3-4-16-25/h1-2,5-14H,3-4,15-17H2,(H,23,26). The lowest BCUT2D eigenvalue weighted by molar-refractivity contribution is 0.0951. The number of hydrogen-bond acceptors (Lipinski definition) is 3. The molecule has 1 aliphatic rings. The highest BCUT2D eigenvalue weighted by Crippen LogP contribution is 2.21. The van der Waals surface area contributed by atoms with E-state index in [-0.39, 0.29) is 5.91 Å². The average Bonchev–Trinajstić information content (AvgIpc) is 3.47. The van der Waals surface area contributed by atoms with Gasteiger partial charge in [0, 0.05) is 43.3 Å². The van der Waals surface area contributed by atoms with Gasteiger partial charge in [-0.25, -0.2) is 8.42 Å². The van der Waals surface area contributed by atoms with E-state index in [2.05, 4.69) is 5.32 Å². The van der Waals surface area contributed by atoms with Crippen molar-refractivity contribution in [2.24, 2.45) is 0 Å². The van der Waals surface area contributed by atoms with Crippen LogP contribution in [-0.4, -0.2) is 36.3 Å². The Labute approximate surface area is 170 Å². The van der Waals surface area contributed by atoms with E-state index in [0.29, 0.717) is 30.1 Å². The minimum atomic E-state index is -3.41. The predicted molar refractivity (Wildman–Crippen MR) is 111 cm³/mol. The van der Waals surface area contributed by atoms with E-state index in [9.17, 15) is 13.2 Å². The van der Waals surface area contributed by atoms with Crippen molar-refractivity contribution in [1.82, 2.24) is 14.2 Å². The van der Waals surface area contributed by atoms with Crippen molar-refractivity contribution >= 4 is 15.9 Å². The third-order valence-electron chi connectivity index (χ3n) is 5.11. The van der Waals surface area contributed by atoms with Gasteiger partial charge in [0.15, 0.2) is 0 Å². The summed E-state index contributed by atoms with van der Waals surface area (Å²) in [6.45, 7) is 1.51. The lowest BCUT2D eigenvalue weighted by atomic mass is 10.1. The zero-order chi connectivity index (χ0) is 20.3. The summed E-state index contributed by atoms with van der Waals surface area (Å²) in [5.74, 6) is -0.169. The van der Waals surface area contributed by atoms with Crippen LogP contribution in [0.15, 0.2) is 78.0 Å². The number of hydrogen-bond donors (Lipinski definition) is 1. The van der Waals surface area contributed by atoms with Crippen molar-refractivity contribution in [1.29, 1.82) is 0 Å². The Morgan fingerprint density at radius 2 is 1.52 bits per heavy atom. The molecule has 0 aliphatic carbocycles. The summed E-state index contributed by atoms with van der Waals surface area (Å²) in [6, 6.07) is 18.0. The summed E-state index contributed by atoms with van der Waals surface area (Å²) in [6.07, 6.45) is 5.72. The van der Waals surface area contributed by atoms with Crippen LogP contribution in [-0.2, 0) is 16.6 Å². The Kier molecular flexibility index (Phi) is 5.51. The van der Waals surface area contributed by atoms with Gasteiger partial charge >= 0.3 is 0 Å². The molecule has 0 unspecified atom stereocenters. The second-order valence-electron chi connectivity index (χ2n) is 7.08. The van der Waals surface area contributed by atoms with Gasteiger partial charge in [0.25, 0.3) is 5.91 Å². The molecule has 0 spiro atoms. The van der Waals surface area contributed by atoms with E-state index in [1.54, 1.807) is 36.4 Å².